The van der Waals surface area contributed by atoms with Gasteiger partial charge in [-0.1, -0.05) is 29.3 Å². The van der Waals surface area contributed by atoms with Gasteiger partial charge >= 0.3 is 12.1 Å². The molecule has 0 bridgehead atoms. The molecule has 172 valence electrons. The molecule has 0 aliphatic carbocycles. The van der Waals surface area contributed by atoms with E-state index in [1.165, 1.54) is 22.2 Å². The summed E-state index contributed by atoms with van der Waals surface area (Å²) in [6.07, 6.45) is -0.804. The van der Waals surface area contributed by atoms with Crippen molar-refractivity contribution in [3.05, 3.63) is 64.3 Å². The largest absolute Gasteiger partial charge is 0.490 e. The lowest BCUT2D eigenvalue weighted by atomic mass is 10.0. The van der Waals surface area contributed by atoms with Crippen LogP contribution in [0.2, 0.25) is 10.0 Å². The molecule has 1 aromatic heterocycles. The molecule has 3 aromatic rings. The van der Waals surface area contributed by atoms with Crippen LogP contribution in [-0.2, 0) is 11.3 Å². The van der Waals surface area contributed by atoms with Crippen molar-refractivity contribution >= 4 is 45.8 Å². The summed E-state index contributed by atoms with van der Waals surface area (Å²) in [5.41, 5.74) is 3.61. The predicted octanol–water partition coefficient (Wildman–Crippen LogP) is 5.87. The van der Waals surface area contributed by atoms with Crippen molar-refractivity contribution in [2.75, 3.05) is 18.0 Å². The van der Waals surface area contributed by atoms with Gasteiger partial charge in [0.15, 0.2) is 0 Å². The van der Waals surface area contributed by atoms with Gasteiger partial charge in [-0.2, -0.15) is 13.2 Å². The number of aromatic nitrogens is 1. The summed E-state index contributed by atoms with van der Waals surface area (Å²) in [4.78, 5) is 14.7. The van der Waals surface area contributed by atoms with Crippen molar-refractivity contribution in [1.82, 2.24) is 10.3 Å². The number of piperidine rings is 1. The van der Waals surface area contributed by atoms with Crippen LogP contribution in [0, 0.1) is 0 Å². The minimum absolute atomic E-state index is 0.520. The highest BCUT2D eigenvalue weighted by Gasteiger charge is 2.38. The van der Waals surface area contributed by atoms with Crippen molar-refractivity contribution in [1.29, 1.82) is 0 Å². The number of nitrogens with zero attached hydrogens (tertiary/aromatic N) is 1. The molecule has 2 heterocycles. The van der Waals surface area contributed by atoms with Crippen LogP contribution in [0.25, 0.3) is 10.9 Å². The lowest BCUT2D eigenvalue weighted by Crippen LogP contribution is -2.43. The van der Waals surface area contributed by atoms with E-state index in [0.29, 0.717) is 16.1 Å². The Labute approximate surface area is 193 Å². The van der Waals surface area contributed by atoms with Crippen LogP contribution in [-0.4, -0.2) is 41.4 Å². The fourth-order valence-corrected chi connectivity index (χ4v) is 3.92. The molecule has 0 unspecified atom stereocenters. The first-order chi connectivity index (χ1) is 15.1. The third-order valence-corrected chi connectivity index (χ3v) is 5.94. The Bertz CT molecular complexity index is 1070. The summed E-state index contributed by atoms with van der Waals surface area (Å²) < 4.78 is 31.7. The van der Waals surface area contributed by atoms with Crippen LogP contribution in [0.15, 0.2) is 48.7 Å². The van der Waals surface area contributed by atoms with Crippen LogP contribution >= 0.6 is 23.2 Å². The average Bonchev–Trinajstić information content (AvgIpc) is 3.23. The second-order valence-corrected chi connectivity index (χ2v) is 8.22. The Morgan fingerprint density at radius 2 is 1.75 bits per heavy atom. The zero-order valence-corrected chi connectivity index (χ0v) is 18.4. The van der Waals surface area contributed by atoms with Crippen molar-refractivity contribution in [3.8, 4) is 0 Å². The van der Waals surface area contributed by atoms with Crippen LogP contribution in [0.4, 0.5) is 18.9 Å². The Hall–Kier alpha value is -2.42. The van der Waals surface area contributed by atoms with Gasteiger partial charge in [0.25, 0.3) is 0 Å². The van der Waals surface area contributed by atoms with Crippen LogP contribution in [0.1, 0.15) is 18.4 Å². The molecule has 0 radical (unpaired) electrons. The number of halogens is 5. The molecular formula is C22H22Cl2F3N3O2. The highest BCUT2D eigenvalue weighted by atomic mass is 35.5. The fourth-order valence-electron chi connectivity index (χ4n) is 3.60. The van der Waals surface area contributed by atoms with E-state index in [2.05, 4.69) is 45.5 Å². The molecule has 0 spiro atoms. The minimum Gasteiger partial charge on any atom is -0.475 e. The number of hydrogen-bond donors (Lipinski definition) is 3. The highest BCUT2D eigenvalue weighted by molar-refractivity contribution is 6.42. The molecule has 1 aliphatic heterocycles. The number of anilines is 1. The maximum atomic E-state index is 10.6. The van der Waals surface area contributed by atoms with Gasteiger partial charge in [0.1, 0.15) is 0 Å². The van der Waals surface area contributed by atoms with Crippen LogP contribution in [0.5, 0.6) is 0 Å². The standard InChI is InChI=1S/C20H21Cl2N3.C2HF3O2/c21-18-3-1-14(11-19(18)22)13-25(16-6-8-23-9-7-16)17-2-4-20-15(12-17)5-10-24-20;3-2(4,5)1(6)7/h1-5,10-12,16,23-24H,6-9,13H2;(H,6,7). The van der Waals surface area contributed by atoms with Gasteiger partial charge in [-0.3, -0.25) is 0 Å². The van der Waals surface area contributed by atoms with E-state index in [-0.39, 0.29) is 0 Å². The van der Waals surface area contributed by atoms with Crippen LogP contribution < -0.4 is 10.2 Å². The smallest absolute Gasteiger partial charge is 0.475 e. The number of fused-ring (bicyclic) bond motifs is 1. The molecule has 32 heavy (non-hydrogen) atoms. The zero-order valence-electron chi connectivity index (χ0n) is 16.9. The van der Waals surface area contributed by atoms with Gasteiger partial charge in [-0.15, -0.1) is 0 Å². The number of carboxylic acids is 1. The number of carbonyl (C=O) groups is 1. The van der Waals surface area contributed by atoms with Gasteiger partial charge in [0.2, 0.25) is 0 Å². The second kappa shape index (κ2) is 10.5. The number of H-pyrrole nitrogens is 1. The van der Waals surface area contributed by atoms with E-state index in [0.717, 1.165) is 32.5 Å². The van der Waals surface area contributed by atoms with Crippen molar-refractivity contribution in [2.24, 2.45) is 0 Å². The number of alkyl halides is 3. The van der Waals surface area contributed by atoms with Gasteiger partial charge in [-0.05, 0) is 67.9 Å². The lowest BCUT2D eigenvalue weighted by molar-refractivity contribution is -0.192. The number of rotatable bonds is 4. The summed E-state index contributed by atoms with van der Waals surface area (Å²) in [5, 5.41) is 13.0. The van der Waals surface area contributed by atoms with Crippen LogP contribution in [0.3, 0.4) is 0 Å². The SMILES string of the molecule is Clc1ccc(CN(c2ccc3[nH]ccc3c2)C2CCNCC2)cc1Cl.O=C(O)C(F)(F)F. The van der Waals surface area contributed by atoms with Gasteiger partial charge in [-0.25, -0.2) is 4.79 Å². The number of aliphatic carboxylic acids is 1. The normalized spacial score (nSPS) is 14.7. The predicted molar refractivity (Wildman–Crippen MR) is 121 cm³/mol. The topological polar surface area (TPSA) is 68.4 Å². The number of carboxylic acid groups (broad SMARTS) is 1. The third kappa shape index (κ3) is 6.31. The molecule has 1 fully saturated rings. The van der Waals surface area contributed by atoms with Gasteiger partial charge < -0.3 is 20.3 Å². The zero-order chi connectivity index (χ0) is 23.3. The molecule has 5 nitrogen and oxygen atoms in total. The lowest BCUT2D eigenvalue weighted by Gasteiger charge is -2.36. The number of hydrogen-bond acceptors (Lipinski definition) is 3. The molecule has 4 rings (SSSR count). The van der Waals surface area contributed by atoms with E-state index in [9.17, 15) is 13.2 Å². The minimum atomic E-state index is -5.08. The van der Waals surface area contributed by atoms with E-state index >= 15 is 0 Å². The maximum absolute atomic E-state index is 10.6. The molecule has 10 heteroatoms. The second-order valence-electron chi connectivity index (χ2n) is 7.41. The molecule has 0 atom stereocenters. The summed E-state index contributed by atoms with van der Waals surface area (Å²) in [6, 6.07) is 15.2. The molecule has 3 N–H and O–H groups in total. The molecule has 0 amide bonds. The van der Waals surface area contributed by atoms with Crippen molar-refractivity contribution in [3.63, 3.8) is 0 Å². The number of benzene rings is 2. The fraction of sp³-hybridized carbons (Fsp3) is 0.318. The third-order valence-electron chi connectivity index (χ3n) is 5.20. The number of nitrogens with one attached hydrogen (secondary N) is 2. The Kier molecular flexibility index (Phi) is 7.92. The van der Waals surface area contributed by atoms with E-state index in [4.69, 9.17) is 33.1 Å². The quantitative estimate of drug-likeness (QED) is 0.430. The summed E-state index contributed by atoms with van der Waals surface area (Å²) in [6.45, 7) is 2.96. The molecule has 1 aliphatic rings. The first kappa shape index (κ1) is 24.2. The first-order valence-electron chi connectivity index (χ1n) is 9.93. The van der Waals surface area contributed by atoms with Gasteiger partial charge in [0, 0.05) is 35.4 Å². The van der Waals surface area contributed by atoms with E-state index in [1.54, 1.807) is 0 Å². The Balaban J connectivity index is 0.000000360. The summed E-state index contributed by atoms with van der Waals surface area (Å²) in [7, 11) is 0. The summed E-state index contributed by atoms with van der Waals surface area (Å²) >= 11 is 12.3. The van der Waals surface area contributed by atoms with E-state index in [1.807, 2.05) is 18.3 Å². The molecule has 2 aromatic carbocycles. The Morgan fingerprint density at radius 3 is 2.38 bits per heavy atom. The maximum Gasteiger partial charge on any atom is 0.490 e. The van der Waals surface area contributed by atoms with Crippen molar-refractivity contribution in [2.45, 2.75) is 31.6 Å². The molecule has 1 saturated heterocycles. The van der Waals surface area contributed by atoms with E-state index < -0.39 is 12.1 Å². The van der Waals surface area contributed by atoms with Gasteiger partial charge in [0.05, 0.1) is 10.0 Å². The molecule has 0 saturated carbocycles. The highest BCUT2D eigenvalue weighted by Crippen LogP contribution is 2.29. The average molecular weight is 488 g/mol. The Morgan fingerprint density at radius 1 is 1.06 bits per heavy atom. The monoisotopic (exact) mass is 487 g/mol. The van der Waals surface area contributed by atoms with Crippen molar-refractivity contribution < 1.29 is 23.1 Å². The first-order valence-corrected chi connectivity index (χ1v) is 10.7. The molecular weight excluding hydrogens is 466 g/mol. The number of aromatic amines is 1. The summed E-state index contributed by atoms with van der Waals surface area (Å²) in [5.74, 6) is -2.76.